The van der Waals surface area contributed by atoms with Gasteiger partial charge in [0.25, 0.3) is 0 Å². The summed E-state index contributed by atoms with van der Waals surface area (Å²) in [5.41, 5.74) is 0. The Kier molecular flexibility index (Phi) is 49.6. The molecule has 69 heavy (non-hydrogen) atoms. The number of carboxylic acids is 1. The Balaban J connectivity index is 4.14. The summed E-state index contributed by atoms with van der Waals surface area (Å²) in [5.74, 6) is -1.46. The van der Waals surface area contributed by atoms with E-state index in [0.717, 1.165) is 70.6 Å². The number of hydrogen-bond donors (Lipinski definition) is 1. The van der Waals surface area contributed by atoms with Crippen LogP contribution in [0, 0.1) is 0 Å². The van der Waals surface area contributed by atoms with Gasteiger partial charge in [0.15, 0.2) is 12.1 Å². The molecule has 8 nitrogen and oxygen atoms in total. The number of rotatable bonds is 53. The largest absolute Gasteiger partial charge is 0.477 e. The first kappa shape index (κ1) is 66.3. The van der Waals surface area contributed by atoms with E-state index in [-0.39, 0.29) is 36.2 Å². The fourth-order valence-corrected chi connectivity index (χ4v) is 8.79. The second kappa shape index (κ2) is 51.6. The molecule has 0 aromatic carbocycles. The number of ether oxygens (including phenoxy) is 3. The molecule has 0 saturated heterocycles. The number of likely N-dealkylation sites (N-methyl/N-ethyl adjacent to an activating group) is 1. The standard InChI is InChI=1S/C61H111NO7/c1-6-8-10-12-14-16-18-20-22-24-26-28-29-30-32-33-35-37-39-41-43-45-47-49-51-59(63)68-56-57(55-67-54-53-58(61(65)66)62(3,4)5)69-60(64)52-50-48-46-44-42-40-38-36-34-31-27-25-23-21-19-17-15-13-11-9-7-2/h9,11,15,17,21,23,27,31,57-58H,6-8,10,12-14,16,18-20,22,24-26,28-30,32-56H2,1-5H3/p+1/b11-9-,17-15-,23-21-,31-27-. The van der Waals surface area contributed by atoms with Gasteiger partial charge in [-0.2, -0.15) is 0 Å². The molecular formula is C61H112NO7+. The molecular weight excluding hydrogens is 859 g/mol. The summed E-state index contributed by atoms with van der Waals surface area (Å²) in [6, 6.07) is -0.617. The summed E-state index contributed by atoms with van der Waals surface area (Å²) >= 11 is 0. The average Bonchev–Trinajstić information content (AvgIpc) is 3.31. The highest BCUT2D eigenvalue weighted by molar-refractivity contribution is 5.72. The van der Waals surface area contributed by atoms with Crippen molar-refractivity contribution in [2.24, 2.45) is 0 Å². The van der Waals surface area contributed by atoms with Crippen molar-refractivity contribution in [3.05, 3.63) is 48.6 Å². The molecule has 0 fully saturated rings. The molecule has 402 valence electrons. The van der Waals surface area contributed by atoms with Crippen LogP contribution in [-0.2, 0) is 28.6 Å². The molecule has 8 heteroatoms. The molecule has 2 atom stereocenters. The fourth-order valence-electron chi connectivity index (χ4n) is 8.79. The number of unbranched alkanes of at least 4 members (excludes halogenated alkanes) is 31. The Morgan fingerprint density at radius 2 is 0.812 bits per heavy atom. The van der Waals surface area contributed by atoms with Crippen LogP contribution in [0.2, 0.25) is 0 Å². The number of hydrogen-bond acceptors (Lipinski definition) is 6. The normalized spacial score (nSPS) is 13.1. The molecule has 0 spiro atoms. The first-order chi connectivity index (χ1) is 33.6. The number of quaternary nitrogens is 1. The third-order valence-electron chi connectivity index (χ3n) is 13.2. The third kappa shape index (κ3) is 50.0. The first-order valence-corrected chi connectivity index (χ1v) is 29.2. The van der Waals surface area contributed by atoms with Crippen molar-refractivity contribution < 1.29 is 38.2 Å². The quantitative estimate of drug-likeness (QED) is 0.0280. The van der Waals surface area contributed by atoms with E-state index in [0.29, 0.717) is 19.3 Å². The maximum Gasteiger partial charge on any atom is 0.362 e. The highest BCUT2D eigenvalue weighted by atomic mass is 16.6. The van der Waals surface area contributed by atoms with Gasteiger partial charge in [-0.25, -0.2) is 4.79 Å². The zero-order chi connectivity index (χ0) is 50.6. The van der Waals surface area contributed by atoms with E-state index >= 15 is 0 Å². The van der Waals surface area contributed by atoms with E-state index in [2.05, 4.69) is 62.5 Å². The molecule has 0 amide bonds. The summed E-state index contributed by atoms with van der Waals surface area (Å²) in [6.45, 7) is 4.66. The highest BCUT2D eigenvalue weighted by Gasteiger charge is 2.31. The van der Waals surface area contributed by atoms with Crippen LogP contribution < -0.4 is 0 Å². The van der Waals surface area contributed by atoms with Crippen molar-refractivity contribution in [2.75, 3.05) is 41.0 Å². The Bertz CT molecular complexity index is 1270. The zero-order valence-electron chi connectivity index (χ0n) is 46.0. The van der Waals surface area contributed by atoms with Crippen molar-refractivity contribution in [1.82, 2.24) is 0 Å². The summed E-state index contributed by atoms with van der Waals surface area (Å²) in [5, 5.41) is 9.68. The number of carbonyl (C=O) groups excluding carboxylic acids is 2. The number of nitrogens with zero attached hydrogens (tertiary/aromatic N) is 1. The van der Waals surface area contributed by atoms with Crippen molar-refractivity contribution in [2.45, 2.75) is 283 Å². The smallest absolute Gasteiger partial charge is 0.362 e. The van der Waals surface area contributed by atoms with Gasteiger partial charge in [-0.1, -0.05) is 249 Å². The van der Waals surface area contributed by atoms with E-state index in [9.17, 15) is 19.5 Å². The molecule has 2 unspecified atom stereocenters. The molecule has 0 aliphatic rings. The lowest BCUT2D eigenvalue weighted by atomic mass is 10.0. The molecule has 0 saturated carbocycles. The van der Waals surface area contributed by atoms with E-state index in [1.165, 1.54) is 167 Å². The molecule has 0 heterocycles. The minimum Gasteiger partial charge on any atom is -0.477 e. The SMILES string of the molecule is CC/C=C\C/C=C\C/C=C\C/C=C\CCCCCCCCCCC(=O)OC(COCCC(C(=O)O)[N+](C)(C)C)COC(=O)CCCCCCCCCCCCCCCCCCCCCCCCCC. The second-order valence-electron chi connectivity index (χ2n) is 20.9. The van der Waals surface area contributed by atoms with Crippen LogP contribution >= 0.6 is 0 Å². The third-order valence-corrected chi connectivity index (χ3v) is 13.2. The van der Waals surface area contributed by atoms with E-state index in [1.54, 1.807) is 0 Å². The minimum absolute atomic E-state index is 0.0516. The van der Waals surface area contributed by atoms with Crippen molar-refractivity contribution in [1.29, 1.82) is 0 Å². The van der Waals surface area contributed by atoms with Gasteiger partial charge in [-0.3, -0.25) is 9.59 Å². The van der Waals surface area contributed by atoms with Crippen LogP contribution in [0.25, 0.3) is 0 Å². The number of esters is 2. The predicted octanol–water partition coefficient (Wildman–Crippen LogP) is 17.5. The van der Waals surface area contributed by atoms with Crippen LogP contribution in [0.5, 0.6) is 0 Å². The number of carboxylic acid groups (broad SMARTS) is 1. The molecule has 0 rings (SSSR count). The Labute approximate surface area is 426 Å². The van der Waals surface area contributed by atoms with Crippen molar-refractivity contribution in [3.63, 3.8) is 0 Å². The molecule has 0 radical (unpaired) electrons. The summed E-state index contributed by atoms with van der Waals surface area (Å²) < 4.78 is 17.4. The Morgan fingerprint density at radius 3 is 1.20 bits per heavy atom. The topological polar surface area (TPSA) is 99.1 Å². The lowest BCUT2D eigenvalue weighted by molar-refractivity contribution is -0.887. The number of carbonyl (C=O) groups is 3. The number of allylic oxidation sites excluding steroid dienone is 8. The molecule has 1 N–H and O–H groups in total. The van der Waals surface area contributed by atoms with Crippen LogP contribution in [-0.4, -0.2) is 80.6 Å². The number of aliphatic carboxylic acids is 1. The zero-order valence-corrected chi connectivity index (χ0v) is 46.0. The fraction of sp³-hybridized carbons (Fsp3) is 0.820. The average molecular weight is 972 g/mol. The monoisotopic (exact) mass is 971 g/mol. The van der Waals surface area contributed by atoms with Crippen LogP contribution in [0.15, 0.2) is 48.6 Å². The maximum atomic E-state index is 12.8. The Hall–Kier alpha value is -2.71. The van der Waals surface area contributed by atoms with Crippen molar-refractivity contribution in [3.8, 4) is 0 Å². The lowest BCUT2D eigenvalue weighted by Crippen LogP contribution is -2.50. The minimum atomic E-state index is -0.874. The van der Waals surface area contributed by atoms with Gasteiger partial charge in [0, 0.05) is 19.3 Å². The lowest BCUT2D eigenvalue weighted by Gasteiger charge is -2.31. The maximum absolute atomic E-state index is 12.8. The van der Waals surface area contributed by atoms with Gasteiger partial charge >= 0.3 is 17.9 Å². The second-order valence-corrected chi connectivity index (χ2v) is 20.9. The molecule has 0 aromatic heterocycles. The highest BCUT2D eigenvalue weighted by Crippen LogP contribution is 2.17. The van der Waals surface area contributed by atoms with Gasteiger partial charge in [-0.15, -0.1) is 0 Å². The molecule has 0 aromatic rings. The van der Waals surface area contributed by atoms with Gasteiger partial charge in [0.1, 0.15) is 6.61 Å². The Morgan fingerprint density at radius 1 is 0.449 bits per heavy atom. The summed E-state index contributed by atoms with van der Waals surface area (Å²) in [6.07, 6.45) is 64.6. The molecule has 0 bridgehead atoms. The van der Waals surface area contributed by atoms with Gasteiger partial charge < -0.3 is 23.8 Å². The molecule has 0 aliphatic carbocycles. The van der Waals surface area contributed by atoms with Gasteiger partial charge in [0.05, 0.1) is 34.4 Å². The van der Waals surface area contributed by atoms with Gasteiger partial charge in [-0.05, 0) is 51.4 Å². The van der Waals surface area contributed by atoms with Gasteiger partial charge in [0.2, 0.25) is 0 Å². The molecule has 0 aliphatic heterocycles. The van der Waals surface area contributed by atoms with Crippen LogP contribution in [0.1, 0.15) is 271 Å². The van der Waals surface area contributed by atoms with Crippen LogP contribution in [0.3, 0.4) is 0 Å². The van der Waals surface area contributed by atoms with E-state index in [4.69, 9.17) is 14.2 Å². The van der Waals surface area contributed by atoms with Crippen molar-refractivity contribution >= 4 is 17.9 Å². The first-order valence-electron chi connectivity index (χ1n) is 29.2. The summed E-state index contributed by atoms with van der Waals surface area (Å²) in [7, 11) is 5.55. The van der Waals surface area contributed by atoms with E-state index in [1.807, 2.05) is 21.1 Å². The van der Waals surface area contributed by atoms with Crippen LogP contribution in [0.4, 0.5) is 0 Å². The summed E-state index contributed by atoms with van der Waals surface area (Å²) in [4.78, 5) is 37.3. The predicted molar refractivity (Wildman–Crippen MR) is 294 cm³/mol. The van der Waals surface area contributed by atoms with E-state index < -0.39 is 18.1 Å².